The number of benzene rings is 9. The molecule has 61 heavy (non-hydrogen) atoms. The smallest absolute Gasteiger partial charge is 0.195 e. The van der Waals surface area contributed by atoms with E-state index in [-0.39, 0.29) is 0 Å². The van der Waals surface area contributed by atoms with Gasteiger partial charge >= 0.3 is 0 Å². The molecule has 12 rings (SSSR count). The molecule has 3 aromatic heterocycles. The van der Waals surface area contributed by atoms with Crippen LogP contribution in [0.2, 0.25) is 0 Å². The summed E-state index contributed by atoms with van der Waals surface area (Å²) in [5.41, 5.74) is 15.3. The van der Waals surface area contributed by atoms with E-state index in [9.17, 15) is 5.26 Å². The van der Waals surface area contributed by atoms with Gasteiger partial charge in [-0.15, -0.1) is 0 Å². The Bertz CT molecular complexity index is 3730. The molecule has 0 atom stereocenters. The lowest BCUT2D eigenvalue weighted by atomic mass is 9.97. The van der Waals surface area contributed by atoms with Gasteiger partial charge in [-0.25, -0.2) is 9.97 Å². The second-order valence-corrected chi connectivity index (χ2v) is 16.3. The summed E-state index contributed by atoms with van der Waals surface area (Å²) in [6.07, 6.45) is 1.85. The van der Waals surface area contributed by atoms with E-state index in [2.05, 4.69) is 160 Å². The lowest BCUT2D eigenvalue weighted by molar-refractivity contribution is 1.27. The first-order chi connectivity index (χ1) is 30.1. The third-order valence-electron chi connectivity index (χ3n) is 11.6. The van der Waals surface area contributed by atoms with Gasteiger partial charge in [0.2, 0.25) is 0 Å². The molecule has 9 aromatic carbocycles. The molecule has 0 aliphatic heterocycles. The van der Waals surface area contributed by atoms with Crippen molar-refractivity contribution in [2.24, 2.45) is 0 Å². The Morgan fingerprint density at radius 3 is 1.79 bits per heavy atom. The molecule has 0 saturated heterocycles. The lowest BCUT2D eigenvalue weighted by Gasteiger charge is -2.26. The van der Waals surface area contributed by atoms with Gasteiger partial charge in [-0.2, -0.15) is 5.26 Å². The maximum absolute atomic E-state index is 9.36. The summed E-state index contributed by atoms with van der Waals surface area (Å²) in [6, 6.07) is 68.3. The van der Waals surface area contributed by atoms with Crippen LogP contribution in [-0.4, -0.2) is 19.4 Å². The number of anilines is 3. The van der Waals surface area contributed by atoms with Gasteiger partial charge in [-0.1, -0.05) is 102 Å². The summed E-state index contributed by atoms with van der Waals surface area (Å²) < 4.78 is 3.49. The first-order valence-electron chi connectivity index (χ1n) is 20.1. The minimum absolute atomic E-state index is 0.670. The van der Waals surface area contributed by atoms with Crippen LogP contribution in [0.4, 0.5) is 17.1 Å². The summed E-state index contributed by atoms with van der Waals surface area (Å²) in [6.45, 7) is 0. The minimum Gasteiger partial charge on any atom is -0.310 e. The van der Waals surface area contributed by atoms with Crippen LogP contribution in [0.1, 0.15) is 5.56 Å². The third kappa shape index (κ3) is 6.05. The number of nitriles is 1. The summed E-state index contributed by atoms with van der Waals surface area (Å²) in [7, 11) is 0. The fourth-order valence-corrected chi connectivity index (χ4v) is 9.56. The lowest BCUT2D eigenvalue weighted by Crippen LogP contribution is -2.10. The molecule has 6 nitrogen and oxygen atoms in total. The van der Waals surface area contributed by atoms with Gasteiger partial charge in [0.25, 0.3) is 0 Å². The molecular formula is C54H32N6S. The van der Waals surface area contributed by atoms with Crippen LogP contribution in [0.3, 0.4) is 0 Å². The molecule has 0 aliphatic carbocycles. The highest BCUT2D eigenvalue weighted by atomic mass is 32.1. The van der Waals surface area contributed by atoms with E-state index in [0.29, 0.717) is 5.56 Å². The number of fused-ring (bicyclic) bond motifs is 8. The Hall–Kier alpha value is -8.18. The van der Waals surface area contributed by atoms with Gasteiger partial charge in [-0.05, 0) is 141 Å². The van der Waals surface area contributed by atoms with Crippen molar-refractivity contribution in [1.82, 2.24) is 19.4 Å². The van der Waals surface area contributed by atoms with E-state index in [1.54, 1.807) is 11.3 Å². The predicted molar refractivity (Wildman–Crippen MR) is 252 cm³/mol. The first kappa shape index (κ1) is 34.8. The Kier molecular flexibility index (Phi) is 7.98. The monoisotopic (exact) mass is 796 g/mol. The third-order valence-corrected chi connectivity index (χ3v) is 12.7. The summed E-state index contributed by atoms with van der Waals surface area (Å²) in [5.74, 6) is 0. The molecule has 3 heterocycles. The van der Waals surface area contributed by atoms with E-state index in [4.69, 9.17) is 9.97 Å². The molecule has 0 bridgehead atoms. The van der Waals surface area contributed by atoms with Crippen molar-refractivity contribution in [2.75, 3.05) is 4.90 Å². The maximum Gasteiger partial charge on any atom is 0.195 e. The molecule has 12 aromatic rings. The summed E-state index contributed by atoms with van der Waals surface area (Å²) in [4.78, 5) is 17.8. The van der Waals surface area contributed by atoms with Crippen LogP contribution in [0, 0.1) is 11.3 Å². The second-order valence-electron chi connectivity index (χ2n) is 15.3. The molecular weight excluding hydrogens is 765 g/mol. The zero-order valence-electron chi connectivity index (χ0n) is 32.6. The molecule has 0 N–H and O–H groups in total. The largest absolute Gasteiger partial charge is 0.310 e. The standard InChI is InChI=1S/C54H32N6S/c55-32-34-9-10-38-28-39(12-11-37(38)27-34)40-13-14-42-30-46(25-19-41(42)29-40)59(45-23-17-36(18-24-45)50-33-56-47-5-1-2-6-48(47)57-50)44-21-15-35(16-22-44)43-20-26-53-52(31-43)60-51-8-4-3-7-49(51)58-54(60)61-53/h1-31,33H. The topological polar surface area (TPSA) is 70.1 Å². The number of rotatable bonds is 6. The van der Waals surface area contributed by atoms with Crippen LogP contribution >= 0.6 is 11.3 Å². The van der Waals surface area contributed by atoms with Crippen molar-refractivity contribution in [2.45, 2.75) is 0 Å². The van der Waals surface area contributed by atoms with Crippen LogP contribution in [0.15, 0.2) is 194 Å². The Morgan fingerprint density at radius 1 is 0.459 bits per heavy atom. The number of imidazole rings is 1. The molecule has 0 spiro atoms. The van der Waals surface area contributed by atoms with Gasteiger partial charge in [0.15, 0.2) is 4.96 Å². The average molecular weight is 797 g/mol. The van der Waals surface area contributed by atoms with E-state index < -0.39 is 0 Å². The minimum atomic E-state index is 0.670. The molecule has 0 amide bonds. The molecule has 0 saturated carbocycles. The molecule has 0 aliphatic rings. The normalized spacial score (nSPS) is 11.6. The van der Waals surface area contributed by atoms with Gasteiger partial charge in [0.1, 0.15) is 0 Å². The second kappa shape index (κ2) is 14.0. The van der Waals surface area contributed by atoms with Gasteiger partial charge in [0, 0.05) is 22.6 Å². The fourth-order valence-electron chi connectivity index (χ4n) is 8.54. The maximum atomic E-state index is 9.36. The van der Waals surface area contributed by atoms with Crippen molar-refractivity contribution in [3.63, 3.8) is 0 Å². The van der Waals surface area contributed by atoms with Crippen molar-refractivity contribution in [3.8, 4) is 39.6 Å². The van der Waals surface area contributed by atoms with Gasteiger partial charge < -0.3 is 4.90 Å². The number of thiazole rings is 1. The van der Waals surface area contributed by atoms with Gasteiger partial charge in [-0.3, -0.25) is 9.38 Å². The van der Waals surface area contributed by atoms with Crippen molar-refractivity contribution in [3.05, 3.63) is 200 Å². The van der Waals surface area contributed by atoms with E-state index in [1.807, 2.05) is 54.7 Å². The first-order valence-corrected chi connectivity index (χ1v) is 20.9. The summed E-state index contributed by atoms with van der Waals surface area (Å²) >= 11 is 1.72. The van der Waals surface area contributed by atoms with Crippen LogP contribution in [0.25, 0.3) is 92.3 Å². The molecule has 0 fully saturated rings. The highest BCUT2D eigenvalue weighted by Crippen LogP contribution is 2.40. The molecule has 7 heteroatoms. The van der Waals surface area contributed by atoms with Crippen molar-refractivity contribution in [1.29, 1.82) is 5.26 Å². The number of hydrogen-bond acceptors (Lipinski definition) is 6. The van der Waals surface area contributed by atoms with Crippen LogP contribution < -0.4 is 4.90 Å². The van der Waals surface area contributed by atoms with E-state index in [1.165, 1.54) is 10.2 Å². The number of hydrogen-bond donors (Lipinski definition) is 0. The highest BCUT2D eigenvalue weighted by Gasteiger charge is 2.16. The number of aromatic nitrogens is 4. The average Bonchev–Trinajstić information content (AvgIpc) is 3.87. The van der Waals surface area contributed by atoms with E-state index >= 15 is 0 Å². The van der Waals surface area contributed by atoms with Gasteiger partial charge in [0.05, 0.1) is 55.8 Å². The Morgan fingerprint density at radius 2 is 1.03 bits per heavy atom. The van der Waals surface area contributed by atoms with Crippen molar-refractivity contribution < 1.29 is 0 Å². The fraction of sp³-hybridized carbons (Fsp3) is 0. The Balaban J connectivity index is 0.924. The van der Waals surface area contributed by atoms with E-state index in [0.717, 1.165) is 99.1 Å². The van der Waals surface area contributed by atoms with Crippen LogP contribution in [-0.2, 0) is 0 Å². The zero-order chi connectivity index (χ0) is 40.4. The summed E-state index contributed by atoms with van der Waals surface area (Å²) in [5, 5.41) is 13.8. The number of para-hydroxylation sites is 4. The molecule has 0 radical (unpaired) electrons. The van der Waals surface area contributed by atoms with Crippen molar-refractivity contribution >= 4 is 87.2 Å². The number of nitrogens with zero attached hydrogens (tertiary/aromatic N) is 6. The Labute approximate surface area is 354 Å². The molecule has 0 unspecified atom stereocenters. The predicted octanol–water partition coefficient (Wildman–Crippen LogP) is 14.3. The zero-order valence-corrected chi connectivity index (χ0v) is 33.4. The quantitative estimate of drug-likeness (QED) is 0.168. The SMILES string of the molecule is N#Cc1ccc2cc(-c3ccc4cc(N(c5ccc(-c6ccc7sc8nc9ccccc9n8c7c6)cc5)c5ccc(-c6cnc7ccccc7n6)cc5)ccc4c3)ccc2c1. The highest BCUT2D eigenvalue weighted by molar-refractivity contribution is 7.23. The molecule has 284 valence electrons. The van der Waals surface area contributed by atoms with Crippen LogP contribution in [0.5, 0.6) is 0 Å².